The number of amides is 1. The lowest BCUT2D eigenvalue weighted by atomic mass is 10.1. The molecular weight excluding hydrogens is 336 g/mol. The third kappa shape index (κ3) is 3.66. The average Bonchev–Trinajstić information content (AvgIpc) is 2.93. The van der Waals surface area contributed by atoms with Gasteiger partial charge in [-0.25, -0.2) is 9.67 Å². The molecule has 0 radical (unpaired) electrons. The Hall–Kier alpha value is -2.80. The molecule has 0 unspecified atom stereocenters. The molecule has 25 heavy (non-hydrogen) atoms. The normalized spacial score (nSPS) is 12.0. The van der Waals surface area contributed by atoms with E-state index in [1.165, 1.54) is 22.1 Å². The topological polar surface area (TPSA) is 76.9 Å². The first-order valence-electron chi connectivity index (χ1n) is 7.86. The van der Waals surface area contributed by atoms with Crippen molar-refractivity contribution >= 4 is 22.4 Å². The first-order chi connectivity index (χ1) is 12.0. The van der Waals surface area contributed by atoms with Crippen LogP contribution in [0.3, 0.4) is 0 Å². The summed E-state index contributed by atoms with van der Waals surface area (Å²) < 4.78 is 1.20. The van der Waals surface area contributed by atoms with Crippen LogP contribution in [-0.4, -0.2) is 20.7 Å². The summed E-state index contributed by atoms with van der Waals surface area (Å²) in [5.74, 6) is -0.325. The molecule has 0 fully saturated rings. The molecule has 128 valence electrons. The van der Waals surface area contributed by atoms with Crippen molar-refractivity contribution in [1.82, 2.24) is 14.8 Å². The van der Waals surface area contributed by atoms with Crippen molar-refractivity contribution in [3.63, 3.8) is 0 Å². The number of thiazole rings is 1. The van der Waals surface area contributed by atoms with Gasteiger partial charge in [-0.15, -0.1) is 11.3 Å². The molecule has 2 heterocycles. The Balaban J connectivity index is 1.87. The number of carbonyl (C=O) groups is 1. The number of nitrogens with one attached hydrogen (secondary N) is 1. The predicted octanol–water partition coefficient (Wildman–Crippen LogP) is 3.18. The second kappa shape index (κ2) is 6.98. The first kappa shape index (κ1) is 17.0. The predicted molar refractivity (Wildman–Crippen MR) is 98.9 cm³/mol. The van der Waals surface area contributed by atoms with Gasteiger partial charge >= 0.3 is 0 Å². The van der Waals surface area contributed by atoms with Crippen molar-refractivity contribution in [1.29, 1.82) is 0 Å². The highest BCUT2D eigenvalue weighted by Crippen LogP contribution is 2.22. The van der Waals surface area contributed by atoms with Gasteiger partial charge in [-0.1, -0.05) is 30.3 Å². The number of aryl methyl sites for hydroxylation is 2. The van der Waals surface area contributed by atoms with E-state index in [1.807, 2.05) is 44.2 Å². The molecule has 0 saturated heterocycles. The van der Waals surface area contributed by atoms with Crippen LogP contribution in [0.25, 0.3) is 11.3 Å². The van der Waals surface area contributed by atoms with Gasteiger partial charge in [0.1, 0.15) is 6.04 Å². The molecule has 6 nitrogen and oxygen atoms in total. The number of rotatable bonds is 4. The number of carbonyl (C=O) groups excluding carboxylic acids is 1. The minimum atomic E-state index is -0.749. The molecule has 1 atom stereocenters. The molecule has 0 saturated carbocycles. The molecule has 1 N–H and O–H groups in total. The van der Waals surface area contributed by atoms with Crippen LogP contribution in [0.5, 0.6) is 0 Å². The Labute approximate surface area is 149 Å². The molecule has 1 aromatic carbocycles. The molecule has 0 spiro atoms. The van der Waals surface area contributed by atoms with Crippen LogP contribution < -0.4 is 10.9 Å². The summed E-state index contributed by atoms with van der Waals surface area (Å²) in [5, 5.41) is 7.64. The number of anilines is 1. The molecule has 0 aliphatic rings. The van der Waals surface area contributed by atoms with Gasteiger partial charge in [-0.05, 0) is 26.8 Å². The minimum Gasteiger partial charge on any atom is -0.300 e. The lowest BCUT2D eigenvalue weighted by Gasteiger charge is -2.14. The van der Waals surface area contributed by atoms with Gasteiger partial charge in [-0.2, -0.15) is 5.10 Å². The number of hydrogen-bond acceptors (Lipinski definition) is 5. The van der Waals surface area contributed by atoms with Gasteiger partial charge in [0.15, 0.2) is 5.13 Å². The summed E-state index contributed by atoms with van der Waals surface area (Å²) in [5.41, 5.74) is 2.08. The zero-order valence-electron chi connectivity index (χ0n) is 14.2. The minimum absolute atomic E-state index is 0.325. The van der Waals surface area contributed by atoms with E-state index in [1.54, 1.807) is 13.0 Å². The summed E-state index contributed by atoms with van der Waals surface area (Å²) in [7, 11) is 0. The highest BCUT2D eigenvalue weighted by molar-refractivity contribution is 7.15. The molecule has 0 aliphatic heterocycles. The second-order valence-corrected chi connectivity index (χ2v) is 6.90. The number of benzene rings is 1. The maximum atomic E-state index is 12.5. The van der Waals surface area contributed by atoms with Crippen LogP contribution in [0.15, 0.2) is 47.3 Å². The molecule has 2 aromatic heterocycles. The maximum absolute atomic E-state index is 12.5. The zero-order chi connectivity index (χ0) is 18.0. The fourth-order valence-electron chi connectivity index (χ4n) is 2.31. The molecule has 3 rings (SSSR count). The third-order valence-corrected chi connectivity index (χ3v) is 4.89. The van der Waals surface area contributed by atoms with Crippen molar-refractivity contribution in [2.45, 2.75) is 26.8 Å². The smallest absolute Gasteiger partial charge is 0.267 e. The zero-order valence-corrected chi connectivity index (χ0v) is 15.0. The van der Waals surface area contributed by atoms with Crippen LogP contribution in [-0.2, 0) is 4.79 Å². The van der Waals surface area contributed by atoms with E-state index in [-0.39, 0.29) is 11.5 Å². The lowest BCUT2D eigenvalue weighted by Crippen LogP contribution is -2.33. The van der Waals surface area contributed by atoms with Gasteiger partial charge < -0.3 is 5.32 Å². The number of aromatic nitrogens is 3. The summed E-state index contributed by atoms with van der Waals surface area (Å²) in [6.07, 6.45) is 0. The molecular formula is C18H18N4O2S. The van der Waals surface area contributed by atoms with Gasteiger partial charge in [0, 0.05) is 16.5 Å². The Morgan fingerprint density at radius 2 is 1.88 bits per heavy atom. The van der Waals surface area contributed by atoms with E-state index in [0.29, 0.717) is 10.8 Å². The van der Waals surface area contributed by atoms with Gasteiger partial charge in [0.25, 0.3) is 11.5 Å². The standard InChI is InChI=1S/C18H18N4O2S/c1-11-13(3)25-18(19-11)20-17(24)12(2)22-16(23)10-9-15(21-22)14-7-5-4-6-8-14/h4-10,12H,1-3H3,(H,19,20,24)/t12-/m0/s1. The summed E-state index contributed by atoms with van der Waals surface area (Å²) in [4.78, 5) is 30.0. The van der Waals surface area contributed by atoms with Crippen molar-refractivity contribution in [3.05, 3.63) is 63.4 Å². The quantitative estimate of drug-likeness (QED) is 0.781. The Morgan fingerprint density at radius 3 is 2.52 bits per heavy atom. The molecule has 1 amide bonds. The van der Waals surface area contributed by atoms with E-state index in [2.05, 4.69) is 15.4 Å². The van der Waals surface area contributed by atoms with Crippen LogP contribution in [0, 0.1) is 13.8 Å². The third-order valence-electron chi connectivity index (χ3n) is 3.90. The van der Waals surface area contributed by atoms with Crippen LogP contribution in [0.4, 0.5) is 5.13 Å². The van der Waals surface area contributed by atoms with Crippen molar-refractivity contribution in [3.8, 4) is 11.3 Å². The summed E-state index contributed by atoms with van der Waals surface area (Å²) in [6.45, 7) is 5.48. The Bertz CT molecular complexity index is 943. The van der Waals surface area contributed by atoms with E-state index >= 15 is 0 Å². The molecule has 0 aliphatic carbocycles. The van der Waals surface area contributed by atoms with Crippen molar-refractivity contribution in [2.75, 3.05) is 5.32 Å². The van der Waals surface area contributed by atoms with E-state index in [0.717, 1.165) is 16.1 Å². The largest absolute Gasteiger partial charge is 0.300 e. The molecule has 0 bridgehead atoms. The molecule has 3 aromatic rings. The van der Waals surface area contributed by atoms with E-state index in [9.17, 15) is 9.59 Å². The monoisotopic (exact) mass is 354 g/mol. The van der Waals surface area contributed by atoms with E-state index in [4.69, 9.17) is 0 Å². The maximum Gasteiger partial charge on any atom is 0.267 e. The first-order valence-corrected chi connectivity index (χ1v) is 8.67. The van der Waals surface area contributed by atoms with E-state index < -0.39 is 6.04 Å². The van der Waals surface area contributed by atoms with Crippen molar-refractivity contribution < 1.29 is 4.79 Å². The fourth-order valence-corrected chi connectivity index (χ4v) is 3.13. The number of nitrogens with zero attached hydrogens (tertiary/aromatic N) is 3. The van der Waals surface area contributed by atoms with Crippen LogP contribution >= 0.6 is 11.3 Å². The summed E-state index contributed by atoms with van der Waals surface area (Å²) in [6, 6.07) is 11.9. The number of hydrogen-bond donors (Lipinski definition) is 1. The van der Waals surface area contributed by atoms with Gasteiger partial charge in [0.05, 0.1) is 11.4 Å². The summed E-state index contributed by atoms with van der Waals surface area (Å²) >= 11 is 1.41. The lowest BCUT2D eigenvalue weighted by molar-refractivity contribution is -0.119. The SMILES string of the molecule is Cc1nc(NC(=O)[C@H](C)n2nc(-c3ccccc3)ccc2=O)sc1C. The van der Waals surface area contributed by atoms with Crippen LogP contribution in [0.1, 0.15) is 23.5 Å². The average molecular weight is 354 g/mol. The second-order valence-electron chi connectivity index (χ2n) is 5.69. The van der Waals surface area contributed by atoms with Gasteiger partial charge in [-0.3, -0.25) is 9.59 Å². The fraction of sp³-hybridized carbons (Fsp3) is 0.222. The van der Waals surface area contributed by atoms with Crippen molar-refractivity contribution in [2.24, 2.45) is 0 Å². The Kier molecular flexibility index (Phi) is 4.76. The highest BCUT2D eigenvalue weighted by atomic mass is 32.1. The Morgan fingerprint density at radius 1 is 1.16 bits per heavy atom. The molecule has 7 heteroatoms. The van der Waals surface area contributed by atoms with Crippen LogP contribution in [0.2, 0.25) is 0 Å². The van der Waals surface area contributed by atoms with Gasteiger partial charge in [0.2, 0.25) is 0 Å². The highest BCUT2D eigenvalue weighted by Gasteiger charge is 2.19.